The van der Waals surface area contributed by atoms with E-state index in [4.69, 9.17) is 4.74 Å². The maximum absolute atomic E-state index is 14.3. The van der Waals surface area contributed by atoms with Crippen LogP contribution in [0.1, 0.15) is 52.7 Å². The summed E-state index contributed by atoms with van der Waals surface area (Å²) in [4.78, 5) is 13.4. The molecule has 3 aromatic rings. The van der Waals surface area contributed by atoms with Crippen molar-refractivity contribution in [2.24, 2.45) is 5.92 Å². The molecule has 42 heavy (non-hydrogen) atoms. The number of sulfonamides is 1. The highest BCUT2D eigenvalue weighted by Crippen LogP contribution is 2.58. The Balaban J connectivity index is 1.39. The molecule has 1 saturated carbocycles. The predicted octanol–water partition coefficient (Wildman–Crippen LogP) is 5.25. The molecule has 1 unspecified atom stereocenters. The number of hydrogen-bond acceptors (Lipinski definition) is 5. The quantitative estimate of drug-likeness (QED) is 0.387. The summed E-state index contributed by atoms with van der Waals surface area (Å²) in [5, 5.41) is 6.02. The number of carbonyl (C=O) groups is 1. The molecule has 1 atom stereocenters. The van der Waals surface area contributed by atoms with Gasteiger partial charge in [0, 0.05) is 23.6 Å². The molecule has 0 aromatic heterocycles. The van der Waals surface area contributed by atoms with Gasteiger partial charge in [0.1, 0.15) is 5.75 Å². The van der Waals surface area contributed by atoms with Crippen molar-refractivity contribution < 1.29 is 31.1 Å². The number of piperidine rings is 1. The van der Waals surface area contributed by atoms with Gasteiger partial charge in [-0.3, -0.25) is 9.10 Å². The van der Waals surface area contributed by atoms with Crippen LogP contribution in [0, 0.1) is 5.92 Å². The number of anilines is 1. The summed E-state index contributed by atoms with van der Waals surface area (Å²) in [6.07, 6.45) is -1.29. The fraction of sp³-hybridized carbons (Fsp3) is 0.387. The number of benzene rings is 3. The van der Waals surface area contributed by atoms with E-state index in [2.05, 4.69) is 10.6 Å². The molecule has 1 aliphatic carbocycles. The fourth-order valence-corrected chi connectivity index (χ4v) is 8.51. The smallest absolute Gasteiger partial charge is 0.416 e. The van der Waals surface area contributed by atoms with Gasteiger partial charge < -0.3 is 15.4 Å². The zero-order valence-corrected chi connectivity index (χ0v) is 23.9. The van der Waals surface area contributed by atoms with Crippen molar-refractivity contribution in [3.63, 3.8) is 0 Å². The molecule has 2 aliphatic heterocycles. The highest BCUT2D eigenvalue weighted by atomic mass is 32.2. The Labute approximate surface area is 243 Å². The van der Waals surface area contributed by atoms with Crippen molar-refractivity contribution in [2.45, 2.75) is 54.8 Å². The number of rotatable bonds is 7. The number of fused-ring (bicyclic) bond motifs is 2. The molecule has 3 aliphatic rings. The van der Waals surface area contributed by atoms with Crippen molar-refractivity contribution in [2.75, 3.05) is 24.5 Å². The molecular formula is C31H32F3N3O4S. The summed E-state index contributed by atoms with van der Waals surface area (Å²) in [5.41, 5.74) is 0.322. The number of carbonyl (C=O) groups excluding carboxylic acids is 1. The third-order valence-corrected chi connectivity index (χ3v) is 10.6. The second-order valence-electron chi connectivity index (χ2n) is 11.2. The first-order valence-corrected chi connectivity index (χ1v) is 15.5. The Bertz CT molecular complexity index is 1620. The van der Waals surface area contributed by atoms with Crippen molar-refractivity contribution in [3.8, 4) is 5.75 Å². The highest BCUT2D eigenvalue weighted by Gasteiger charge is 2.59. The van der Waals surface area contributed by atoms with Crippen LogP contribution in [0.4, 0.5) is 18.9 Å². The lowest BCUT2D eigenvalue weighted by Gasteiger charge is -2.42. The van der Waals surface area contributed by atoms with E-state index in [1.54, 1.807) is 40.7 Å². The molecule has 2 fully saturated rings. The zero-order chi connectivity index (χ0) is 29.7. The topological polar surface area (TPSA) is 87.7 Å². The van der Waals surface area contributed by atoms with E-state index in [1.807, 2.05) is 0 Å². The molecule has 6 rings (SSSR count). The number of methoxy groups -OCH3 is 1. The SMILES string of the molecule is COc1cccc(S(=O)(=O)N2c3ccc(C(=O)NCc4ccccc4C(F)(F)F)cc3C3(CCNCC3)C2C2CC2)c1. The first kappa shape index (κ1) is 28.5. The van der Waals surface area contributed by atoms with Gasteiger partial charge in [0.25, 0.3) is 15.9 Å². The van der Waals surface area contributed by atoms with Crippen LogP contribution in [-0.4, -0.2) is 40.6 Å². The fourth-order valence-electron chi connectivity index (χ4n) is 6.68. The van der Waals surface area contributed by atoms with Crippen LogP contribution in [0.25, 0.3) is 0 Å². The number of nitrogens with zero attached hydrogens (tertiary/aromatic N) is 1. The molecule has 1 amide bonds. The predicted molar refractivity (Wildman–Crippen MR) is 152 cm³/mol. The molecule has 0 radical (unpaired) electrons. The van der Waals surface area contributed by atoms with Gasteiger partial charge in [-0.2, -0.15) is 13.2 Å². The van der Waals surface area contributed by atoms with Crippen LogP contribution in [-0.2, 0) is 28.2 Å². The van der Waals surface area contributed by atoms with Gasteiger partial charge in [-0.1, -0.05) is 24.3 Å². The molecule has 7 nitrogen and oxygen atoms in total. The Kier molecular flexibility index (Phi) is 7.21. The number of nitrogens with one attached hydrogen (secondary N) is 2. The zero-order valence-electron chi connectivity index (χ0n) is 23.1. The molecule has 11 heteroatoms. The minimum Gasteiger partial charge on any atom is -0.497 e. The number of amides is 1. The van der Waals surface area contributed by atoms with Gasteiger partial charge in [-0.05, 0) is 92.2 Å². The monoisotopic (exact) mass is 599 g/mol. The van der Waals surface area contributed by atoms with Crippen molar-refractivity contribution in [1.29, 1.82) is 0 Å². The molecule has 0 bridgehead atoms. The van der Waals surface area contributed by atoms with E-state index < -0.39 is 33.1 Å². The Morgan fingerprint density at radius 3 is 2.48 bits per heavy atom. The standard InChI is InChI=1S/C31H32F3N3O4S/c1-41-23-6-4-7-24(18-23)42(39,40)37-27-12-11-21(29(38)36-19-22-5-2-3-8-25(22)31(32,33)34)17-26(27)30(13-15-35-16-14-30)28(37)20-9-10-20/h2-8,11-12,17-18,20,28,35H,9-10,13-16,19H2,1H3,(H,36,38). The van der Waals surface area contributed by atoms with Crippen LogP contribution in [0.15, 0.2) is 71.6 Å². The molecular weight excluding hydrogens is 567 g/mol. The van der Waals surface area contributed by atoms with E-state index >= 15 is 0 Å². The van der Waals surface area contributed by atoms with Crippen LogP contribution < -0.4 is 19.7 Å². The van der Waals surface area contributed by atoms with Crippen LogP contribution in [0.2, 0.25) is 0 Å². The first-order chi connectivity index (χ1) is 20.1. The van der Waals surface area contributed by atoms with E-state index in [-0.39, 0.29) is 34.5 Å². The lowest BCUT2D eigenvalue weighted by atomic mass is 9.68. The van der Waals surface area contributed by atoms with Gasteiger partial charge in [0.15, 0.2) is 0 Å². The van der Waals surface area contributed by atoms with Crippen molar-refractivity contribution in [1.82, 2.24) is 10.6 Å². The number of ether oxygens (including phenoxy) is 1. The van der Waals surface area contributed by atoms with Gasteiger partial charge in [-0.25, -0.2) is 8.42 Å². The van der Waals surface area contributed by atoms with Crippen molar-refractivity contribution in [3.05, 3.63) is 89.0 Å². The molecule has 1 saturated heterocycles. The maximum Gasteiger partial charge on any atom is 0.416 e. The molecule has 2 N–H and O–H groups in total. The molecule has 3 aromatic carbocycles. The number of hydrogen-bond donors (Lipinski definition) is 2. The van der Waals surface area contributed by atoms with E-state index in [0.717, 1.165) is 24.5 Å². The lowest BCUT2D eigenvalue weighted by molar-refractivity contribution is -0.138. The number of alkyl halides is 3. The first-order valence-electron chi connectivity index (χ1n) is 14.0. The Morgan fingerprint density at radius 2 is 1.79 bits per heavy atom. The average Bonchev–Trinajstić information content (AvgIpc) is 3.79. The van der Waals surface area contributed by atoms with E-state index in [9.17, 15) is 26.4 Å². The van der Waals surface area contributed by atoms with Crippen molar-refractivity contribution >= 4 is 21.6 Å². The second-order valence-corrected chi connectivity index (χ2v) is 13.1. The van der Waals surface area contributed by atoms with Gasteiger partial charge >= 0.3 is 6.18 Å². The Hall–Kier alpha value is -3.57. The van der Waals surface area contributed by atoms with Gasteiger partial charge in [-0.15, -0.1) is 0 Å². The molecule has 222 valence electrons. The van der Waals surface area contributed by atoms with Crippen LogP contribution in [0.5, 0.6) is 5.75 Å². The summed E-state index contributed by atoms with van der Waals surface area (Å²) in [6.45, 7) is 1.13. The molecule has 1 spiro atoms. The van der Waals surface area contributed by atoms with Gasteiger partial charge in [0.05, 0.1) is 29.3 Å². The average molecular weight is 600 g/mol. The molecule has 2 heterocycles. The van der Waals surface area contributed by atoms with Gasteiger partial charge in [0.2, 0.25) is 0 Å². The highest BCUT2D eigenvalue weighted by molar-refractivity contribution is 7.93. The largest absolute Gasteiger partial charge is 0.497 e. The maximum atomic E-state index is 14.3. The summed E-state index contributed by atoms with van der Waals surface area (Å²) in [5.74, 6) is 0.108. The summed E-state index contributed by atoms with van der Waals surface area (Å²) in [7, 11) is -2.50. The normalized spacial score (nSPS) is 19.9. The van der Waals surface area contributed by atoms with Crippen LogP contribution >= 0.6 is 0 Å². The summed E-state index contributed by atoms with van der Waals surface area (Å²) in [6, 6.07) is 16.3. The third kappa shape index (κ3) is 4.92. The summed E-state index contributed by atoms with van der Waals surface area (Å²) < 4.78 is 75.9. The minimum atomic E-state index is -4.54. The third-order valence-electron chi connectivity index (χ3n) is 8.78. The second kappa shape index (κ2) is 10.6. The van der Waals surface area contributed by atoms with Crippen LogP contribution in [0.3, 0.4) is 0 Å². The lowest BCUT2D eigenvalue weighted by Crippen LogP contribution is -2.53. The number of halogens is 3. The minimum absolute atomic E-state index is 0.0290. The summed E-state index contributed by atoms with van der Waals surface area (Å²) >= 11 is 0. The Morgan fingerprint density at radius 1 is 1.05 bits per heavy atom. The van der Waals surface area contributed by atoms with E-state index in [1.165, 1.54) is 31.4 Å². The van der Waals surface area contributed by atoms with E-state index in [0.29, 0.717) is 37.4 Å².